The van der Waals surface area contributed by atoms with Crippen LogP contribution in [-0.4, -0.2) is 37.2 Å². The Morgan fingerprint density at radius 1 is 0.259 bits per heavy atom. The topological polar surface area (TPSA) is 78.9 Å². The summed E-state index contributed by atoms with van der Waals surface area (Å²) in [4.78, 5) is 38.4. The van der Waals surface area contributed by atoms with Crippen molar-refractivity contribution in [2.24, 2.45) is 0 Å². The second-order valence-electron chi connectivity index (χ2n) is 23.8. The van der Waals surface area contributed by atoms with Gasteiger partial charge in [0.2, 0.25) is 0 Å². The minimum atomic E-state index is -0.773. The number of hydrogen-bond donors (Lipinski definition) is 0. The molecule has 0 bridgehead atoms. The minimum Gasteiger partial charge on any atom is -0.462 e. The van der Waals surface area contributed by atoms with Crippen molar-refractivity contribution in [3.8, 4) is 0 Å². The molecule has 0 aliphatic rings. The summed E-state index contributed by atoms with van der Waals surface area (Å²) in [6.07, 6.45) is 90.7. The van der Waals surface area contributed by atoms with Gasteiger partial charge >= 0.3 is 17.9 Å². The van der Waals surface area contributed by atoms with E-state index in [0.717, 1.165) is 96.3 Å². The first-order chi connectivity index (χ1) is 40.0. The molecule has 0 aliphatic heterocycles. The van der Waals surface area contributed by atoms with E-state index in [-0.39, 0.29) is 31.1 Å². The molecule has 0 saturated heterocycles. The largest absolute Gasteiger partial charge is 0.462 e. The van der Waals surface area contributed by atoms with E-state index < -0.39 is 6.10 Å². The molecule has 0 N–H and O–H groups in total. The average Bonchev–Trinajstić information content (AvgIpc) is 3.47. The quantitative estimate of drug-likeness (QED) is 0.0261. The molecule has 6 nitrogen and oxygen atoms in total. The molecular weight excluding hydrogens is 997 g/mol. The van der Waals surface area contributed by atoms with Crippen LogP contribution in [0.15, 0.2) is 72.9 Å². The van der Waals surface area contributed by atoms with Gasteiger partial charge in [-0.05, 0) is 70.6 Å². The SMILES string of the molecule is CC/C=C\C/C=C\C/C=C\C/C=C\C/C=C\C/C=C\CCCCCCCCCCCCCCC(=O)OCC(COC(=O)CCCCCCCCCCCCCCCCCC)OC(=O)CCCCCCCCCCCCCCCCCC. The third kappa shape index (κ3) is 67.5. The lowest BCUT2D eigenvalue weighted by molar-refractivity contribution is -0.167. The Balaban J connectivity index is 4.23. The van der Waals surface area contributed by atoms with Crippen molar-refractivity contribution in [1.82, 2.24) is 0 Å². The van der Waals surface area contributed by atoms with Gasteiger partial charge in [-0.25, -0.2) is 0 Å². The van der Waals surface area contributed by atoms with Gasteiger partial charge in [0, 0.05) is 19.3 Å². The number of esters is 3. The predicted octanol–water partition coefficient (Wildman–Crippen LogP) is 24.4. The van der Waals surface area contributed by atoms with Crippen molar-refractivity contribution in [1.29, 1.82) is 0 Å². The maximum Gasteiger partial charge on any atom is 0.306 e. The Hall–Kier alpha value is -3.15. The minimum absolute atomic E-state index is 0.0687. The number of carbonyl (C=O) groups excluding carboxylic acids is 3. The van der Waals surface area contributed by atoms with E-state index in [4.69, 9.17) is 14.2 Å². The molecule has 0 spiro atoms. The summed E-state index contributed by atoms with van der Waals surface area (Å²) in [7, 11) is 0. The maximum absolute atomic E-state index is 12.9. The van der Waals surface area contributed by atoms with Crippen LogP contribution in [0.2, 0.25) is 0 Å². The Labute approximate surface area is 503 Å². The standard InChI is InChI=1S/C75H134O6/c1-4-7-10-13-16-19-22-25-28-31-32-33-34-35-36-37-38-39-40-41-42-43-44-45-48-50-53-56-59-62-65-68-74(77)80-71-72(81-75(78)69-66-63-60-57-54-51-47-30-27-24-21-18-15-12-9-6-3)70-79-73(76)67-64-61-58-55-52-49-46-29-26-23-20-17-14-11-8-5-2/h7,10,16,19,25,28,32-33,35-36,38-39,72H,4-6,8-9,11-15,17-18,20-24,26-27,29-31,34,37,40-71H2,1-3H3/b10-7-,19-16-,28-25-,33-32-,36-35-,39-38-. The molecule has 0 amide bonds. The molecular formula is C75H134O6. The van der Waals surface area contributed by atoms with E-state index in [0.29, 0.717) is 19.3 Å². The van der Waals surface area contributed by atoms with Crippen LogP contribution in [0, 0.1) is 0 Å². The summed E-state index contributed by atoms with van der Waals surface area (Å²) < 4.78 is 17.0. The van der Waals surface area contributed by atoms with Crippen LogP contribution in [-0.2, 0) is 28.6 Å². The zero-order chi connectivity index (χ0) is 58.5. The predicted molar refractivity (Wildman–Crippen MR) is 353 cm³/mol. The molecule has 0 saturated carbocycles. The highest BCUT2D eigenvalue weighted by molar-refractivity contribution is 5.71. The fraction of sp³-hybridized carbons (Fsp3) is 0.800. The van der Waals surface area contributed by atoms with E-state index >= 15 is 0 Å². The van der Waals surface area contributed by atoms with Crippen LogP contribution in [0.3, 0.4) is 0 Å². The summed E-state index contributed by atoms with van der Waals surface area (Å²) in [5.41, 5.74) is 0. The van der Waals surface area contributed by atoms with Crippen LogP contribution in [0.25, 0.3) is 0 Å². The zero-order valence-electron chi connectivity index (χ0n) is 54.1. The van der Waals surface area contributed by atoms with Crippen LogP contribution < -0.4 is 0 Å². The highest BCUT2D eigenvalue weighted by atomic mass is 16.6. The van der Waals surface area contributed by atoms with Crippen LogP contribution >= 0.6 is 0 Å². The monoisotopic (exact) mass is 1130 g/mol. The first-order valence-electron chi connectivity index (χ1n) is 35.4. The van der Waals surface area contributed by atoms with Crippen molar-refractivity contribution < 1.29 is 28.6 Å². The van der Waals surface area contributed by atoms with Gasteiger partial charge in [0.25, 0.3) is 0 Å². The molecule has 0 radical (unpaired) electrons. The van der Waals surface area contributed by atoms with E-state index in [1.807, 2.05) is 0 Å². The van der Waals surface area contributed by atoms with E-state index in [1.54, 1.807) is 0 Å². The van der Waals surface area contributed by atoms with Gasteiger partial charge in [0.1, 0.15) is 13.2 Å². The van der Waals surface area contributed by atoms with Crippen molar-refractivity contribution >= 4 is 17.9 Å². The van der Waals surface area contributed by atoms with Crippen LogP contribution in [0.1, 0.15) is 367 Å². The highest BCUT2D eigenvalue weighted by Gasteiger charge is 2.19. The molecule has 6 heteroatoms. The highest BCUT2D eigenvalue weighted by Crippen LogP contribution is 2.18. The summed E-state index contributed by atoms with van der Waals surface area (Å²) in [5, 5.41) is 0. The summed E-state index contributed by atoms with van der Waals surface area (Å²) in [6.45, 7) is 6.59. The number of allylic oxidation sites excluding steroid dienone is 12. The zero-order valence-corrected chi connectivity index (χ0v) is 54.1. The fourth-order valence-electron chi connectivity index (χ4n) is 10.5. The Bertz CT molecular complexity index is 1490. The van der Waals surface area contributed by atoms with Crippen LogP contribution in [0.5, 0.6) is 0 Å². The third-order valence-corrected chi connectivity index (χ3v) is 15.7. The van der Waals surface area contributed by atoms with Gasteiger partial charge in [-0.3, -0.25) is 14.4 Å². The van der Waals surface area contributed by atoms with Gasteiger partial charge in [0.15, 0.2) is 6.10 Å². The molecule has 0 aliphatic carbocycles. The first kappa shape index (κ1) is 77.9. The first-order valence-corrected chi connectivity index (χ1v) is 35.4. The summed E-state index contributed by atoms with van der Waals surface area (Å²) >= 11 is 0. The van der Waals surface area contributed by atoms with Crippen molar-refractivity contribution in [3.05, 3.63) is 72.9 Å². The lowest BCUT2D eigenvalue weighted by Gasteiger charge is -2.18. The molecule has 0 aromatic carbocycles. The Kier molecular flexibility index (Phi) is 66.6. The number of unbranched alkanes of at least 4 members (excludes halogenated alkanes) is 42. The lowest BCUT2D eigenvalue weighted by atomic mass is 10.0. The smallest absolute Gasteiger partial charge is 0.306 e. The van der Waals surface area contributed by atoms with Gasteiger partial charge in [-0.1, -0.05) is 351 Å². The molecule has 1 unspecified atom stereocenters. The lowest BCUT2D eigenvalue weighted by Crippen LogP contribution is -2.30. The van der Waals surface area contributed by atoms with Gasteiger partial charge < -0.3 is 14.2 Å². The Morgan fingerprint density at radius 3 is 0.753 bits per heavy atom. The maximum atomic E-state index is 12.9. The summed E-state index contributed by atoms with van der Waals surface area (Å²) in [5.74, 6) is -0.845. The third-order valence-electron chi connectivity index (χ3n) is 15.7. The van der Waals surface area contributed by atoms with E-state index in [9.17, 15) is 14.4 Å². The van der Waals surface area contributed by atoms with Gasteiger partial charge in [-0.15, -0.1) is 0 Å². The number of rotatable bonds is 65. The van der Waals surface area contributed by atoms with Gasteiger partial charge in [-0.2, -0.15) is 0 Å². The number of carbonyl (C=O) groups is 3. The number of ether oxygens (including phenoxy) is 3. The molecule has 0 aromatic rings. The average molecular weight is 1130 g/mol. The van der Waals surface area contributed by atoms with Crippen molar-refractivity contribution in [2.75, 3.05) is 13.2 Å². The second-order valence-corrected chi connectivity index (χ2v) is 23.8. The molecule has 470 valence electrons. The summed E-state index contributed by atoms with van der Waals surface area (Å²) in [6, 6.07) is 0. The normalized spacial score (nSPS) is 12.5. The van der Waals surface area contributed by atoms with E-state index in [1.165, 1.54) is 231 Å². The van der Waals surface area contributed by atoms with Crippen molar-refractivity contribution in [3.63, 3.8) is 0 Å². The Morgan fingerprint density at radius 2 is 0.481 bits per heavy atom. The molecule has 0 aromatic heterocycles. The molecule has 1 atom stereocenters. The molecule has 0 fully saturated rings. The fourth-order valence-corrected chi connectivity index (χ4v) is 10.5. The van der Waals surface area contributed by atoms with Crippen molar-refractivity contribution in [2.45, 2.75) is 374 Å². The van der Waals surface area contributed by atoms with Crippen LogP contribution in [0.4, 0.5) is 0 Å². The van der Waals surface area contributed by atoms with E-state index in [2.05, 4.69) is 93.7 Å². The number of hydrogen-bond acceptors (Lipinski definition) is 6. The second kappa shape index (κ2) is 69.3. The van der Waals surface area contributed by atoms with Gasteiger partial charge in [0.05, 0.1) is 0 Å². The molecule has 0 rings (SSSR count). The molecule has 0 heterocycles. The molecule has 81 heavy (non-hydrogen) atoms.